The smallest absolute Gasteiger partial charge is 0.257 e. The number of anilines is 2. The highest BCUT2D eigenvalue weighted by Gasteiger charge is 2.14. The van der Waals surface area contributed by atoms with Gasteiger partial charge in [-0.05, 0) is 30.3 Å². The number of nitrogens with two attached hydrogens (primary N) is 1. The van der Waals surface area contributed by atoms with Crippen molar-refractivity contribution in [1.82, 2.24) is 0 Å². The molecule has 3 N–H and O–H groups in total. The number of rotatable bonds is 2. The first-order valence-electron chi connectivity index (χ1n) is 5.39. The van der Waals surface area contributed by atoms with Crippen molar-refractivity contribution in [2.75, 3.05) is 11.1 Å². The van der Waals surface area contributed by atoms with E-state index in [0.29, 0.717) is 0 Å². The summed E-state index contributed by atoms with van der Waals surface area (Å²) in [6.07, 6.45) is 0. The van der Waals surface area contributed by atoms with Crippen molar-refractivity contribution in [2.45, 2.75) is 0 Å². The third-order valence-electron chi connectivity index (χ3n) is 2.52. The van der Waals surface area contributed by atoms with E-state index in [-0.39, 0.29) is 32.0 Å². The Labute approximate surface area is 129 Å². The average molecular weight is 334 g/mol. The van der Waals surface area contributed by atoms with E-state index >= 15 is 0 Å². The summed E-state index contributed by atoms with van der Waals surface area (Å²) in [4.78, 5) is 12.0. The third-order valence-corrected chi connectivity index (χ3v) is 3.55. The second-order valence-corrected chi connectivity index (χ2v) is 5.15. The van der Waals surface area contributed by atoms with Crippen LogP contribution in [0.1, 0.15) is 10.4 Å². The van der Waals surface area contributed by atoms with Crippen molar-refractivity contribution < 1.29 is 9.18 Å². The molecule has 0 atom stereocenters. The number of carbonyl (C=O) groups is 1. The number of halogens is 4. The second kappa shape index (κ2) is 5.87. The lowest BCUT2D eigenvalue weighted by molar-refractivity contribution is 0.102. The Bertz CT molecular complexity index is 692. The van der Waals surface area contributed by atoms with Crippen LogP contribution in [0, 0.1) is 5.82 Å². The number of nitrogen functional groups attached to an aromatic ring is 1. The van der Waals surface area contributed by atoms with Gasteiger partial charge in [0.1, 0.15) is 5.82 Å². The minimum atomic E-state index is -0.595. The van der Waals surface area contributed by atoms with Gasteiger partial charge < -0.3 is 11.1 Å². The van der Waals surface area contributed by atoms with Crippen molar-refractivity contribution >= 4 is 52.1 Å². The second-order valence-electron chi connectivity index (χ2n) is 3.93. The van der Waals surface area contributed by atoms with E-state index in [4.69, 9.17) is 40.5 Å². The lowest BCUT2D eigenvalue weighted by Crippen LogP contribution is -2.14. The van der Waals surface area contributed by atoms with Crippen molar-refractivity contribution in [3.63, 3.8) is 0 Å². The predicted octanol–water partition coefficient (Wildman–Crippen LogP) is 4.62. The molecule has 7 heteroatoms. The minimum absolute atomic E-state index is 0.00661. The molecule has 2 rings (SSSR count). The summed E-state index contributed by atoms with van der Waals surface area (Å²) in [7, 11) is 0. The molecule has 0 bridgehead atoms. The Balaban J connectivity index is 2.32. The zero-order chi connectivity index (χ0) is 14.9. The van der Waals surface area contributed by atoms with E-state index in [2.05, 4.69) is 5.32 Å². The quantitative estimate of drug-likeness (QED) is 0.622. The van der Waals surface area contributed by atoms with Gasteiger partial charge in [-0.2, -0.15) is 0 Å². The fraction of sp³-hybridized carbons (Fsp3) is 0. The van der Waals surface area contributed by atoms with E-state index in [1.165, 1.54) is 18.2 Å². The fourth-order valence-corrected chi connectivity index (χ4v) is 2.13. The minimum Gasteiger partial charge on any atom is -0.398 e. The van der Waals surface area contributed by atoms with Gasteiger partial charge in [0.25, 0.3) is 5.91 Å². The SMILES string of the molecule is Nc1ccc(F)cc1C(=O)Nc1cc(Cl)c(Cl)cc1Cl. The Morgan fingerprint density at radius 2 is 1.70 bits per heavy atom. The molecule has 0 saturated carbocycles. The Morgan fingerprint density at radius 3 is 2.40 bits per heavy atom. The summed E-state index contributed by atoms with van der Waals surface area (Å²) in [5.74, 6) is -1.16. The summed E-state index contributed by atoms with van der Waals surface area (Å²) >= 11 is 17.6. The highest BCUT2D eigenvalue weighted by molar-refractivity contribution is 6.44. The highest BCUT2D eigenvalue weighted by Crippen LogP contribution is 2.32. The summed E-state index contributed by atoms with van der Waals surface area (Å²) in [5.41, 5.74) is 6.05. The van der Waals surface area contributed by atoms with Crippen molar-refractivity contribution in [1.29, 1.82) is 0 Å². The molecule has 20 heavy (non-hydrogen) atoms. The van der Waals surface area contributed by atoms with Crippen LogP contribution in [0.3, 0.4) is 0 Å². The van der Waals surface area contributed by atoms with E-state index in [1.54, 1.807) is 0 Å². The summed E-state index contributed by atoms with van der Waals surface area (Å²) in [6, 6.07) is 6.31. The molecule has 104 valence electrons. The summed E-state index contributed by atoms with van der Waals surface area (Å²) in [6.45, 7) is 0. The molecule has 0 heterocycles. The Kier molecular flexibility index (Phi) is 4.38. The molecule has 0 saturated heterocycles. The number of hydrogen-bond acceptors (Lipinski definition) is 2. The topological polar surface area (TPSA) is 55.1 Å². The zero-order valence-electron chi connectivity index (χ0n) is 9.88. The first-order chi connectivity index (χ1) is 9.38. The number of carbonyl (C=O) groups excluding carboxylic acids is 1. The van der Waals surface area contributed by atoms with Gasteiger partial charge in [-0.15, -0.1) is 0 Å². The predicted molar refractivity (Wildman–Crippen MR) is 80.2 cm³/mol. The van der Waals surface area contributed by atoms with Crippen LogP contribution in [0.15, 0.2) is 30.3 Å². The number of benzene rings is 2. The molecule has 0 radical (unpaired) electrons. The van der Waals surface area contributed by atoms with Gasteiger partial charge in [0, 0.05) is 5.69 Å². The fourth-order valence-electron chi connectivity index (χ4n) is 1.53. The lowest BCUT2D eigenvalue weighted by atomic mass is 10.1. The molecule has 0 unspecified atom stereocenters. The van der Waals surface area contributed by atoms with Crippen LogP contribution in [0.5, 0.6) is 0 Å². The van der Waals surface area contributed by atoms with Crippen LogP contribution in [0.25, 0.3) is 0 Å². The summed E-state index contributed by atoms with van der Waals surface area (Å²) in [5, 5.41) is 3.21. The molecule has 0 aliphatic heterocycles. The molecule has 0 aliphatic rings. The first kappa shape index (κ1) is 14.9. The molecule has 2 aromatic carbocycles. The van der Waals surface area contributed by atoms with E-state index in [0.717, 1.165) is 12.1 Å². The molecule has 0 aliphatic carbocycles. The molecular formula is C13H8Cl3FN2O. The zero-order valence-corrected chi connectivity index (χ0v) is 12.2. The Morgan fingerprint density at radius 1 is 1.05 bits per heavy atom. The number of nitrogens with one attached hydrogen (secondary N) is 1. The number of amides is 1. The van der Waals surface area contributed by atoms with E-state index in [1.807, 2.05) is 0 Å². The maximum Gasteiger partial charge on any atom is 0.257 e. The van der Waals surface area contributed by atoms with Gasteiger partial charge in [-0.1, -0.05) is 34.8 Å². The van der Waals surface area contributed by atoms with Crippen molar-refractivity contribution in [2.24, 2.45) is 0 Å². The third kappa shape index (κ3) is 3.15. The average Bonchev–Trinajstić information content (AvgIpc) is 2.38. The summed E-state index contributed by atoms with van der Waals surface area (Å²) < 4.78 is 13.1. The normalized spacial score (nSPS) is 10.4. The van der Waals surface area contributed by atoms with Crippen LogP contribution < -0.4 is 11.1 Å². The molecule has 1 amide bonds. The lowest BCUT2D eigenvalue weighted by Gasteiger charge is -2.10. The van der Waals surface area contributed by atoms with Crippen LogP contribution in [0.2, 0.25) is 15.1 Å². The number of hydrogen-bond donors (Lipinski definition) is 2. The molecule has 0 fully saturated rings. The van der Waals surface area contributed by atoms with Gasteiger partial charge >= 0.3 is 0 Å². The van der Waals surface area contributed by atoms with E-state index < -0.39 is 11.7 Å². The van der Waals surface area contributed by atoms with Gasteiger partial charge in [0.2, 0.25) is 0 Å². The van der Waals surface area contributed by atoms with Gasteiger partial charge in [0.15, 0.2) is 0 Å². The maximum atomic E-state index is 13.1. The van der Waals surface area contributed by atoms with E-state index in [9.17, 15) is 9.18 Å². The molecular weight excluding hydrogens is 326 g/mol. The van der Waals surface area contributed by atoms with Gasteiger partial charge in [-0.3, -0.25) is 4.79 Å². The first-order valence-corrected chi connectivity index (χ1v) is 6.53. The molecule has 3 nitrogen and oxygen atoms in total. The van der Waals surface area contributed by atoms with Crippen molar-refractivity contribution in [3.8, 4) is 0 Å². The molecule has 0 spiro atoms. The van der Waals surface area contributed by atoms with Gasteiger partial charge in [0.05, 0.1) is 26.3 Å². The van der Waals surface area contributed by atoms with Crippen LogP contribution >= 0.6 is 34.8 Å². The van der Waals surface area contributed by atoms with Crippen LogP contribution in [0.4, 0.5) is 15.8 Å². The van der Waals surface area contributed by atoms with Gasteiger partial charge in [-0.25, -0.2) is 4.39 Å². The van der Waals surface area contributed by atoms with Crippen LogP contribution in [-0.4, -0.2) is 5.91 Å². The highest BCUT2D eigenvalue weighted by atomic mass is 35.5. The van der Waals surface area contributed by atoms with Crippen molar-refractivity contribution in [3.05, 3.63) is 56.8 Å². The maximum absolute atomic E-state index is 13.1. The Hall–Kier alpha value is -1.49. The molecule has 0 aromatic heterocycles. The standard InChI is InChI=1S/C13H8Cl3FN2O/c14-8-4-10(16)12(5-9(8)15)19-13(20)7-3-6(17)1-2-11(7)18/h1-5H,18H2,(H,19,20). The monoisotopic (exact) mass is 332 g/mol. The molecule has 2 aromatic rings. The van der Waals surface area contributed by atoms with Crippen LogP contribution in [-0.2, 0) is 0 Å². The largest absolute Gasteiger partial charge is 0.398 e.